The Morgan fingerprint density at radius 2 is 1.72 bits per heavy atom. The third-order valence-corrected chi connectivity index (χ3v) is 6.50. The number of aromatic nitrogens is 3. The molecule has 32 heavy (non-hydrogen) atoms. The number of alkyl halides is 3. The highest BCUT2D eigenvalue weighted by atomic mass is 35.5. The molecule has 0 saturated carbocycles. The van der Waals surface area contributed by atoms with Crippen LogP contribution in [-0.4, -0.2) is 29.3 Å². The number of benzene rings is 2. The SMILES string of the molecule is CCc1c(C(=O)NS(=O)(=O)c2cc(Cl)ccc2Cl)nnn1-c1ccc(Cl)cc1C(F)(F)F. The van der Waals surface area contributed by atoms with Crippen molar-refractivity contribution in [2.75, 3.05) is 0 Å². The largest absolute Gasteiger partial charge is 0.418 e. The van der Waals surface area contributed by atoms with Gasteiger partial charge in [-0.3, -0.25) is 4.79 Å². The summed E-state index contributed by atoms with van der Waals surface area (Å²) >= 11 is 17.4. The van der Waals surface area contributed by atoms with Gasteiger partial charge in [0.25, 0.3) is 15.9 Å². The predicted octanol–water partition coefficient (Wildman–Crippen LogP) is 4.93. The fraction of sp³-hybridized carbons (Fsp3) is 0.167. The van der Waals surface area contributed by atoms with Crippen molar-refractivity contribution in [2.24, 2.45) is 0 Å². The van der Waals surface area contributed by atoms with Gasteiger partial charge in [0.2, 0.25) is 0 Å². The minimum absolute atomic E-state index is 0.00759. The van der Waals surface area contributed by atoms with Gasteiger partial charge in [-0.05, 0) is 42.8 Å². The lowest BCUT2D eigenvalue weighted by molar-refractivity contribution is -0.137. The number of nitrogens with zero attached hydrogens (tertiary/aromatic N) is 3. The van der Waals surface area contributed by atoms with Crippen LogP contribution in [0.25, 0.3) is 5.69 Å². The van der Waals surface area contributed by atoms with Gasteiger partial charge in [-0.2, -0.15) is 13.2 Å². The van der Waals surface area contributed by atoms with Crippen LogP contribution in [0.3, 0.4) is 0 Å². The molecule has 1 heterocycles. The molecule has 170 valence electrons. The van der Waals surface area contributed by atoms with Crippen LogP contribution in [0.2, 0.25) is 15.1 Å². The van der Waals surface area contributed by atoms with Gasteiger partial charge in [0, 0.05) is 10.0 Å². The van der Waals surface area contributed by atoms with Crippen molar-refractivity contribution in [2.45, 2.75) is 24.4 Å². The summed E-state index contributed by atoms with van der Waals surface area (Å²) in [7, 11) is -4.47. The predicted molar refractivity (Wildman–Crippen MR) is 112 cm³/mol. The van der Waals surface area contributed by atoms with Crippen LogP contribution < -0.4 is 4.72 Å². The van der Waals surface area contributed by atoms with Gasteiger partial charge in [0.15, 0.2) is 5.69 Å². The first-order valence-corrected chi connectivity index (χ1v) is 11.3. The third-order valence-electron chi connectivity index (χ3n) is 4.22. The molecule has 7 nitrogen and oxygen atoms in total. The minimum Gasteiger partial charge on any atom is -0.266 e. The second-order valence-corrected chi connectivity index (χ2v) is 9.25. The van der Waals surface area contributed by atoms with E-state index in [1.165, 1.54) is 25.1 Å². The fourth-order valence-electron chi connectivity index (χ4n) is 2.82. The standard InChI is InChI=1S/C18H12Cl3F3N4O3S/c1-2-13-16(17(29)26-32(30,31)15-8-10(20)3-5-12(15)21)25-27-28(13)14-6-4-9(19)7-11(14)18(22,23)24/h3-8H,2H2,1H3,(H,26,29). The Labute approximate surface area is 195 Å². The van der Waals surface area contributed by atoms with E-state index in [4.69, 9.17) is 34.8 Å². The van der Waals surface area contributed by atoms with Crippen molar-refractivity contribution < 1.29 is 26.4 Å². The van der Waals surface area contributed by atoms with E-state index >= 15 is 0 Å². The summed E-state index contributed by atoms with van der Waals surface area (Å²) in [5.41, 5.74) is -2.05. The Morgan fingerprint density at radius 1 is 1.09 bits per heavy atom. The third kappa shape index (κ3) is 4.85. The molecule has 0 aliphatic carbocycles. The molecule has 0 aliphatic rings. The lowest BCUT2D eigenvalue weighted by Crippen LogP contribution is -2.31. The molecule has 3 rings (SSSR count). The topological polar surface area (TPSA) is 93.9 Å². The first-order chi connectivity index (χ1) is 14.8. The van der Waals surface area contributed by atoms with Crippen LogP contribution in [0.4, 0.5) is 13.2 Å². The molecule has 1 amide bonds. The molecule has 0 radical (unpaired) electrons. The number of rotatable bonds is 5. The first kappa shape index (κ1) is 24.3. The summed E-state index contributed by atoms with van der Waals surface area (Å²) in [6, 6.07) is 6.64. The van der Waals surface area contributed by atoms with E-state index < -0.39 is 43.9 Å². The summed E-state index contributed by atoms with van der Waals surface area (Å²) in [4.78, 5) is 12.2. The molecule has 0 saturated heterocycles. The maximum atomic E-state index is 13.5. The zero-order valence-electron chi connectivity index (χ0n) is 15.9. The minimum atomic E-state index is -4.77. The van der Waals surface area contributed by atoms with Gasteiger partial charge in [0.1, 0.15) is 4.90 Å². The summed E-state index contributed by atoms with van der Waals surface area (Å²) in [6.07, 6.45) is -4.76. The van der Waals surface area contributed by atoms with Crippen LogP contribution in [0, 0.1) is 0 Å². The van der Waals surface area contributed by atoms with Crippen molar-refractivity contribution in [1.29, 1.82) is 0 Å². The second-order valence-electron chi connectivity index (χ2n) is 6.32. The number of amides is 1. The average Bonchev–Trinajstić information content (AvgIpc) is 3.12. The molecular weight excluding hydrogens is 516 g/mol. The van der Waals surface area contributed by atoms with Crippen LogP contribution in [0.15, 0.2) is 41.3 Å². The van der Waals surface area contributed by atoms with Crippen molar-refractivity contribution in [3.63, 3.8) is 0 Å². The number of carbonyl (C=O) groups excluding carboxylic acids is 1. The van der Waals surface area contributed by atoms with E-state index in [2.05, 4.69) is 10.3 Å². The number of nitrogens with one attached hydrogen (secondary N) is 1. The number of hydrogen-bond acceptors (Lipinski definition) is 5. The van der Waals surface area contributed by atoms with E-state index in [-0.39, 0.29) is 27.2 Å². The van der Waals surface area contributed by atoms with Crippen molar-refractivity contribution in [3.05, 3.63) is 68.4 Å². The van der Waals surface area contributed by atoms with Gasteiger partial charge >= 0.3 is 6.18 Å². The monoisotopic (exact) mass is 526 g/mol. The van der Waals surface area contributed by atoms with E-state index in [0.29, 0.717) is 6.07 Å². The van der Waals surface area contributed by atoms with Crippen LogP contribution >= 0.6 is 34.8 Å². The molecule has 1 aromatic heterocycles. The average molecular weight is 528 g/mol. The zero-order chi connectivity index (χ0) is 23.8. The highest BCUT2D eigenvalue weighted by Gasteiger charge is 2.36. The highest BCUT2D eigenvalue weighted by Crippen LogP contribution is 2.36. The van der Waals surface area contributed by atoms with Crippen LogP contribution in [-0.2, 0) is 22.6 Å². The fourth-order valence-corrected chi connectivity index (χ4v) is 4.71. The Morgan fingerprint density at radius 3 is 2.34 bits per heavy atom. The van der Waals surface area contributed by atoms with Crippen LogP contribution in [0.5, 0.6) is 0 Å². The molecule has 14 heteroatoms. The number of halogens is 6. The maximum Gasteiger partial charge on any atom is 0.418 e. The summed E-state index contributed by atoms with van der Waals surface area (Å²) in [6.45, 7) is 1.54. The van der Waals surface area contributed by atoms with E-state index in [9.17, 15) is 26.4 Å². The zero-order valence-corrected chi connectivity index (χ0v) is 19.0. The first-order valence-electron chi connectivity index (χ1n) is 8.69. The number of sulfonamides is 1. The molecule has 0 aliphatic heterocycles. The molecule has 0 atom stereocenters. The summed E-state index contributed by atoms with van der Waals surface area (Å²) < 4.78 is 68.3. The Balaban J connectivity index is 2.04. The number of hydrogen-bond donors (Lipinski definition) is 1. The quantitative estimate of drug-likeness (QED) is 0.508. The molecule has 2 aromatic carbocycles. The van der Waals surface area contributed by atoms with Crippen molar-refractivity contribution in [1.82, 2.24) is 19.7 Å². The smallest absolute Gasteiger partial charge is 0.266 e. The van der Waals surface area contributed by atoms with E-state index in [1.807, 2.05) is 0 Å². The lowest BCUT2D eigenvalue weighted by atomic mass is 10.1. The van der Waals surface area contributed by atoms with Gasteiger partial charge in [-0.25, -0.2) is 17.8 Å². The van der Waals surface area contributed by atoms with E-state index in [1.54, 1.807) is 4.72 Å². The molecule has 0 spiro atoms. The van der Waals surface area contributed by atoms with Gasteiger partial charge in [0.05, 0.1) is 22.0 Å². The number of carbonyl (C=O) groups is 1. The maximum absolute atomic E-state index is 13.5. The summed E-state index contributed by atoms with van der Waals surface area (Å²) in [5, 5.41) is 6.96. The van der Waals surface area contributed by atoms with Crippen molar-refractivity contribution >= 4 is 50.7 Å². The summed E-state index contributed by atoms with van der Waals surface area (Å²) in [5.74, 6) is -1.20. The molecule has 0 bridgehead atoms. The molecule has 0 unspecified atom stereocenters. The molecular formula is C18H12Cl3F3N4O3S. The highest BCUT2D eigenvalue weighted by molar-refractivity contribution is 7.90. The lowest BCUT2D eigenvalue weighted by Gasteiger charge is -2.14. The Hall–Kier alpha value is -2.34. The van der Waals surface area contributed by atoms with Gasteiger partial charge in [-0.1, -0.05) is 46.9 Å². The Bertz CT molecular complexity index is 1310. The Kier molecular flexibility index (Phi) is 6.75. The molecule has 1 N–H and O–H groups in total. The van der Waals surface area contributed by atoms with Crippen LogP contribution in [0.1, 0.15) is 28.7 Å². The van der Waals surface area contributed by atoms with Gasteiger partial charge < -0.3 is 0 Å². The normalized spacial score (nSPS) is 12.1. The van der Waals surface area contributed by atoms with E-state index in [0.717, 1.165) is 16.8 Å². The second kappa shape index (κ2) is 8.89. The molecule has 3 aromatic rings. The van der Waals surface area contributed by atoms with Crippen molar-refractivity contribution in [3.8, 4) is 5.69 Å². The van der Waals surface area contributed by atoms with Gasteiger partial charge in [-0.15, -0.1) is 5.10 Å². The molecule has 0 fully saturated rings.